The summed E-state index contributed by atoms with van der Waals surface area (Å²) < 4.78 is 10.3. The van der Waals surface area contributed by atoms with Gasteiger partial charge in [-0.25, -0.2) is 0 Å². The number of hydrogen-bond donors (Lipinski definition) is 1. The third-order valence-electron chi connectivity index (χ3n) is 4.18. The molecule has 4 rings (SSSR count). The summed E-state index contributed by atoms with van der Waals surface area (Å²) in [4.78, 5) is 26.5. The smallest absolute Gasteiger partial charge is 0.293 e. The van der Waals surface area contributed by atoms with Gasteiger partial charge in [-0.15, -0.1) is 0 Å². The molecule has 0 saturated carbocycles. The highest BCUT2D eigenvalue weighted by molar-refractivity contribution is 6.06. The van der Waals surface area contributed by atoms with E-state index < -0.39 is 0 Å². The van der Waals surface area contributed by atoms with E-state index in [0.717, 1.165) is 24.1 Å². The van der Waals surface area contributed by atoms with Crippen molar-refractivity contribution in [2.75, 3.05) is 16.8 Å². The minimum atomic E-state index is -0.329. The first kappa shape index (κ1) is 15.3. The number of nitrogens with one attached hydrogen (secondary N) is 1. The van der Waals surface area contributed by atoms with Gasteiger partial charge in [0.1, 0.15) is 0 Å². The zero-order valence-corrected chi connectivity index (χ0v) is 13.4. The predicted molar refractivity (Wildman–Crippen MR) is 91.8 cm³/mol. The van der Waals surface area contributed by atoms with Crippen LogP contribution in [0, 0.1) is 0 Å². The van der Waals surface area contributed by atoms with Gasteiger partial charge in [0.25, 0.3) is 11.8 Å². The molecule has 0 saturated heterocycles. The molecule has 1 aliphatic heterocycles. The van der Waals surface area contributed by atoms with Crippen LogP contribution in [0.4, 0.5) is 11.4 Å². The van der Waals surface area contributed by atoms with Gasteiger partial charge in [0, 0.05) is 17.9 Å². The number of benzene rings is 1. The van der Waals surface area contributed by atoms with E-state index in [9.17, 15) is 9.59 Å². The van der Waals surface area contributed by atoms with Crippen LogP contribution < -0.4 is 10.2 Å². The summed E-state index contributed by atoms with van der Waals surface area (Å²) in [6.45, 7) is 0.613. The Labute approximate surface area is 144 Å². The van der Waals surface area contributed by atoms with Gasteiger partial charge in [-0.1, -0.05) is 6.07 Å². The standard InChI is InChI=1S/C19H16N2O4/c22-18(16-5-2-10-24-16)20-14-8-7-13-4-1-9-21(15(13)12-14)19(23)17-6-3-11-25-17/h2-3,5-8,10-12H,1,4,9H2,(H,20,22). The maximum Gasteiger partial charge on any atom is 0.293 e. The van der Waals surface area contributed by atoms with Gasteiger partial charge in [0.05, 0.1) is 12.5 Å². The highest BCUT2D eigenvalue weighted by Crippen LogP contribution is 2.31. The molecule has 1 N–H and O–H groups in total. The minimum absolute atomic E-state index is 0.180. The van der Waals surface area contributed by atoms with Gasteiger partial charge in [-0.3, -0.25) is 9.59 Å². The lowest BCUT2D eigenvalue weighted by atomic mass is 10.0. The largest absolute Gasteiger partial charge is 0.459 e. The van der Waals surface area contributed by atoms with E-state index in [4.69, 9.17) is 8.83 Å². The second kappa shape index (κ2) is 6.32. The Morgan fingerprint density at radius 1 is 1.00 bits per heavy atom. The van der Waals surface area contributed by atoms with E-state index in [1.807, 2.05) is 18.2 Å². The maximum absolute atomic E-state index is 12.7. The van der Waals surface area contributed by atoms with E-state index in [-0.39, 0.29) is 17.6 Å². The van der Waals surface area contributed by atoms with Crippen molar-refractivity contribution >= 4 is 23.2 Å². The molecule has 3 aromatic rings. The lowest BCUT2D eigenvalue weighted by Crippen LogP contribution is -2.35. The molecule has 1 aromatic carbocycles. The summed E-state index contributed by atoms with van der Waals surface area (Å²) >= 11 is 0. The van der Waals surface area contributed by atoms with Crippen molar-refractivity contribution in [3.8, 4) is 0 Å². The average molecular weight is 336 g/mol. The van der Waals surface area contributed by atoms with E-state index >= 15 is 0 Å². The highest BCUT2D eigenvalue weighted by atomic mass is 16.3. The summed E-state index contributed by atoms with van der Waals surface area (Å²) in [5.74, 6) is 0.0317. The second-order valence-corrected chi connectivity index (χ2v) is 5.81. The van der Waals surface area contributed by atoms with Crippen molar-refractivity contribution < 1.29 is 18.4 Å². The van der Waals surface area contributed by atoms with E-state index in [2.05, 4.69) is 5.32 Å². The Morgan fingerprint density at radius 2 is 1.76 bits per heavy atom. The van der Waals surface area contributed by atoms with Crippen LogP contribution in [-0.2, 0) is 6.42 Å². The van der Waals surface area contributed by atoms with Crippen LogP contribution in [0.3, 0.4) is 0 Å². The van der Waals surface area contributed by atoms with Crippen LogP contribution in [0.2, 0.25) is 0 Å². The highest BCUT2D eigenvalue weighted by Gasteiger charge is 2.25. The molecule has 0 aliphatic carbocycles. The molecule has 2 amide bonds. The Bertz CT molecular complexity index is 898. The summed E-state index contributed by atoms with van der Waals surface area (Å²) in [5, 5.41) is 2.79. The lowest BCUT2D eigenvalue weighted by Gasteiger charge is -2.29. The third-order valence-corrected chi connectivity index (χ3v) is 4.18. The summed E-state index contributed by atoms with van der Waals surface area (Å²) in [6.07, 6.45) is 4.71. The number of rotatable bonds is 3. The number of fused-ring (bicyclic) bond motifs is 1. The molecule has 0 bridgehead atoms. The second-order valence-electron chi connectivity index (χ2n) is 5.81. The fraction of sp³-hybridized carbons (Fsp3) is 0.158. The van der Waals surface area contributed by atoms with Crippen LogP contribution in [0.1, 0.15) is 33.1 Å². The zero-order chi connectivity index (χ0) is 17.2. The molecule has 1 aliphatic rings. The van der Waals surface area contributed by atoms with Crippen LogP contribution in [0.25, 0.3) is 0 Å². The van der Waals surface area contributed by atoms with E-state index in [1.165, 1.54) is 12.5 Å². The molecule has 0 spiro atoms. The Kier molecular flexibility index (Phi) is 3.85. The first-order valence-corrected chi connectivity index (χ1v) is 8.05. The van der Waals surface area contributed by atoms with Crippen molar-refractivity contribution in [2.24, 2.45) is 0 Å². The van der Waals surface area contributed by atoms with E-state index in [0.29, 0.717) is 18.0 Å². The predicted octanol–water partition coefficient (Wildman–Crippen LogP) is 3.72. The van der Waals surface area contributed by atoms with Gasteiger partial charge in [0.2, 0.25) is 0 Å². The molecule has 2 aromatic heterocycles. The van der Waals surface area contributed by atoms with Gasteiger partial charge in [-0.2, -0.15) is 0 Å². The van der Waals surface area contributed by atoms with Gasteiger partial charge < -0.3 is 19.1 Å². The van der Waals surface area contributed by atoms with Crippen molar-refractivity contribution in [3.05, 3.63) is 72.1 Å². The minimum Gasteiger partial charge on any atom is -0.459 e. The van der Waals surface area contributed by atoms with Crippen molar-refractivity contribution in [1.82, 2.24) is 0 Å². The quantitative estimate of drug-likeness (QED) is 0.791. The molecular weight excluding hydrogens is 320 g/mol. The topological polar surface area (TPSA) is 75.7 Å². The summed E-state index contributed by atoms with van der Waals surface area (Å²) in [6, 6.07) is 12.2. The molecule has 0 fully saturated rings. The van der Waals surface area contributed by atoms with Gasteiger partial charge in [-0.05, 0) is 54.8 Å². The number of carbonyl (C=O) groups is 2. The number of anilines is 2. The first-order chi connectivity index (χ1) is 12.2. The Balaban J connectivity index is 1.62. The molecule has 126 valence electrons. The molecule has 0 radical (unpaired) electrons. The zero-order valence-electron chi connectivity index (χ0n) is 13.4. The van der Waals surface area contributed by atoms with Crippen LogP contribution in [0.15, 0.2) is 63.8 Å². The number of hydrogen-bond acceptors (Lipinski definition) is 4. The lowest BCUT2D eigenvalue weighted by molar-refractivity contribution is 0.0957. The Hall–Kier alpha value is -3.28. The van der Waals surface area contributed by atoms with Crippen molar-refractivity contribution in [1.29, 1.82) is 0 Å². The molecule has 3 heterocycles. The average Bonchev–Trinajstić information content (AvgIpc) is 3.34. The number of carbonyl (C=O) groups excluding carboxylic acids is 2. The summed E-state index contributed by atoms with van der Waals surface area (Å²) in [5.41, 5.74) is 2.48. The summed E-state index contributed by atoms with van der Waals surface area (Å²) in [7, 11) is 0. The maximum atomic E-state index is 12.7. The normalized spacial score (nSPS) is 13.4. The van der Waals surface area contributed by atoms with Gasteiger partial charge in [0.15, 0.2) is 11.5 Å². The molecular formula is C19H16N2O4. The van der Waals surface area contributed by atoms with Crippen molar-refractivity contribution in [3.63, 3.8) is 0 Å². The van der Waals surface area contributed by atoms with E-state index in [1.54, 1.807) is 29.2 Å². The fourth-order valence-corrected chi connectivity index (χ4v) is 3.00. The fourth-order valence-electron chi connectivity index (χ4n) is 3.00. The SMILES string of the molecule is O=C(Nc1ccc2c(c1)N(C(=O)c1ccco1)CCC2)c1ccco1. The molecule has 25 heavy (non-hydrogen) atoms. The number of aryl methyl sites for hydroxylation is 1. The number of amides is 2. The van der Waals surface area contributed by atoms with Crippen molar-refractivity contribution in [2.45, 2.75) is 12.8 Å². The van der Waals surface area contributed by atoms with Crippen LogP contribution >= 0.6 is 0 Å². The van der Waals surface area contributed by atoms with Gasteiger partial charge >= 0.3 is 0 Å². The molecule has 0 unspecified atom stereocenters. The molecule has 0 atom stereocenters. The molecule has 6 heteroatoms. The Morgan fingerprint density at radius 3 is 2.48 bits per heavy atom. The number of furan rings is 2. The molecule has 6 nitrogen and oxygen atoms in total. The number of nitrogens with zero attached hydrogens (tertiary/aromatic N) is 1. The third kappa shape index (κ3) is 2.94. The van der Waals surface area contributed by atoms with Crippen LogP contribution in [0.5, 0.6) is 0 Å². The monoisotopic (exact) mass is 336 g/mol. The van der Waals surface area contributed by atoms with Crippen LogP contribution in [-0.4, -0.2) is 18.4 Å². The first-order valence-electron chi connectivity index (χ1n) is 8.05.